The number of aromatic nitrogens is 4. The van der Waals surface area contributed by atoms with Gasteiger partial charge in [0.25, 0.3) is 0 Å². The van der Waals surface area contributed by atoms with Crippen molar-refractivity contribution in [3.05, 3.63) is 28.9 Å². The van der Waals surface area contributed by atoms with Crippen LogP contribution in [0, 0.1) is 4.64 Å². The van der Waals surface area contributed by atoms with Crippen molar-refractivity contribution in [2.24, 2.45) is 15.4 Å². The number of azo groups is 1. The molecule has 0 fully saturated rings. The van der Waals surface area contributed by atoms with Crippen molar-refractivity contribution in [1.29, 1.82) is 0 Å². The van der Waals surface area contributed by atoms with Gasteiger partial charge in [0.05, 0.1) is 10.6 Å². The lowest BCUT2D eigenvalue weighted by atomic mass is 10.3. The number of benzene rings is 1. The monoisotopic (exact) mass is 350 g/mol. The first-order valence-corrected chi connectivity index (χ1v) is 8.08. The minimum absolute atomic E-state index is 0.00733. The molecular formula is C11H10N8O2S2. The lowest BCUT2D eigenvalue weighted by molar-refractivity contribution is 0.598. The number of nitrogens with one attached hydrogen (secondary N) is 2. The molecule has 0 bridgehead atoms. The second-order valence-corrected chi connectivity index (χ2v) is 6.40. The first-order valence-electron chi connectivity index (χ1n) is 6.13. The number of anilines is 1. The third kappa shape index (κ3) is 3.23. The Hall–Kier alpha value is -2.70. The highest BCUT2D eigenvalue weighted by molar-refractivity contribution is 7.89. The van der Waals surface area contributed by atoms with Gasteiger partial charge in [0.1, 0.15) is 5.52 Å². The van der Waals surface area contributed by atoms with Gasteiger partial charge in [0.2, 0.25) is 21.9 Å². The molecule has 0 saturated carbocycles. The summed E-state index contributed by atoms with van der Waals surface area (Å²) in [6, 6.07) is 5.61. The van der Waals surface area contributed by atoms with Crippen molar-refractivity contribution < 1.29 is 8.42 Å². The molecule has 0 aliphatic rings. The van der Waals surface area contributed by atoms with Crippen molar-refractivity contribution >= 4 is 51.0 Å². The summed E-state index contributed by atoms with van der Waals surface area (Å²) in [5, 5.41) is 12.9. The number of primary sulfonamides is 1. The van der Waals surface area contributed by atoms with E-state index in [1.807, 2.05) is 0 Å². The van der Waals surface area contributed by atoms with Gasteiger partial charge in [-0.1, -0.05) is 12.2 Å². The van der Waals surface area contributed by atoms with Crippen LogP contribution in [0.5, 0.6) is 0 Å². The zero-order chi connectivity index (χ0) is 16.6. The van der Waals surface area contributed by atoms with Crippen LogP contribution in [0.2, 0.25) is 0 Å². The Morgan fingerprint density at radius 1 is 1.09 bits per heavy atom. The molecular weight excluding hydrogens is 340 g/mol. The fourth-order valence-electron chi connectivity index (χ4n) is 1.78. The van der Waals surface area contributed by atoms with Gasteiger partial charge in [0.15, 0.2) is 10.3 Å². The maximum atomic E-state index is 11.2. The Labute approximate surface area is 134 Å². The molecule has 0 aliphatic heterocycles. The fourth-order valence-corrected chi connectivity index (χ4v) is 2.54. The van der Waals surface area contributed by atoms with Crippen molar-refractivity contribution in [3.63, 3.8) is 0 Å². The smallest absolute Gasteiger partial charge is 0.249 e. The summed E-state index contributed by atoms with van der Waals surface area (Å²) >= 11 is 5.06. The Bertz CT molecular complexity index is 1070. The largest absolute Gasteiger partial charge is 0.369 e. The first kappa shape index (κ1) is 15.2. The number of H-pyrrole nitrogens is 2. The second-order valence-electron chi connectivity index (χ2n) is 4.45. The number of sulfonamides is 1. The van der Waals surface area contributed by atoms with E-state index in [1.54, 1.807) is 0 Å². The Morgan fingerprint density at radius 3 is 2.43 bits per heavy atom. The minimum atomic E-state index is -3.74. The van der Waals surface area contributed by atoms with Crippen molar-refractivity contribution in [3.8, 4) is 0 Å². The average molecular weight is 350 g/mol. The molecule has 1 aromatic carbocycles. The van der Waals surface area contributed by atoms with E-state index in [9.17, 15) is 8.42 Å². The van der Waals surface area contributed by atoms with Crippen LogP contribution < -0.4 is 10.9 Å². The summed E-state index contributed by atoms with van der Waals surface area (Å²) in [5.41, 5.74) is 6.89. The van der Waals surface area contributed by atoms with E-state index in [2.05, 4.69) is 30.2 Å². The lowest BCUT2D eigenvalue weighted by Crippen LogP contribution is -2.11. The predicted octanol–water partition coefficient (Wildman–Crippen LogP) is 1.66. The van der Waals surface area contributed by atoms with Crippen LogP contribution in [0.25, 0.3) is 11.2 Å². The van der Waals surface area contributed by atoms with E-state index < -0.39 is 10.0 Å². The minimum Gasteiger partial charge on any atom is -0.369 e. The highest BCUT2D eigenvalue weighted by Gasteiger charge is 2.07. The van der Waals surface area contributed by atoms with Gasteiger partial charge < -0.3 is 15.7 Å². The summed E-state index contributed by atoms with van der Waals surface area (Å²) in [6.45, 7) is 0. The Balaban J connectivity index is 1.91. The molecule has 0 radical (unpaired) electrons. The molecule has 10 nitrogen and oxygen atoms in total. The number of nitrogens with zero attached hydrogens (tertiary/aromatic N) is 4. The number of hydrogen-bond acceptors (Lipinski definition) is 8. The molecule has 118 valence electrons. The number of nitrogens with two attached hydrogens (primary N) is 2. The molecule has 3 rings (SSSR count). The van der Waals surface area contributed by atoms with E-state index in [1.165, 1.54) is 24.3 Å². The molecule has 3 aromatic rings. The van der Waals surface area contributed by atoms with Crippen LogP contribution in [-0.2, 0) is 10.0 Å². The maximum Gasteiger partial charge on any atom is 0.249 e. The SMILES string of the molecule is Nc1nc(=S)c2[nH]c(N=Nc3ccc(S(N)(=O)=O)cc3)nc2[nH]1. The van der Waals surface area contributed by atoms with Crippen molar-refractivity contribution in [2.45, 2.75) is 4.90 Å². The van der Waals surface area contributed by atoms with Crippen LogP contribution >= 0.6 is 12.2 Å². The lowest BCUT2D eigenvalue weighted by Gasteiger charge is -1.97. The molecule has 0 amide bonds. The number of rotatable bonds is 3. The van der Waals surface area contributed by atoms with Gasteiger partial charge in [-0.3, -0.25) is 0 Å². The summed E-state index contributed by atoms with van der Waals surface area (Å²) in [6.07, 6.45) is 0. The number of hydrogen-bond donors (Lipinski definition) is 4. The standard InChI is InChI=1S/C11H10N8O2S2/c12-10-15-8-7(9(22)17-10)14-11(16-8)19-18-5-1-3-6(4-2-5)23(13,20)21/h1-4H,(H2,13,20,21)(H4,12,14,15,16,17,22). The van der Waals surface area contributed by atoms with Gasteiger partial charge in [-0.2, -0.15) is 4.98 Å². The molecule has 0 aliphatic carbocycles. The second kappa shape index (κ2) is 5.49. The van der Waals surface area contributed by atoms with Crippen LogP contribution in [0.3, 0.4) is 0 Å². The first-order chi connectivity index (χ1) is 10.8. The average Bonchev–Trinajstić information content (AvgIpc) is 2.88. The van der Waals surface area contributed by atoms with Gasteiger partial charge in [-0.25, -0.2) is 18.5 Å². The summed E-state index contributed by atoms with van der Waals surface area (Å²) < 4.78 is 22.6. The van der Waals surface area contributed by atoms with Crippen LogP contribution in [0.4, 0.5) is 17.6 Å². The van der Waals surface area contributed by atoms with Gasteiger partial charge >= 0.3 is 0 Å². The summed E-state index contributed by atoms with van der Waals surface area (Å²) in [5.74, 6) is 0.348. The molecule has 0 spiro atoms. The fraction of sp³-hybridized carbons (Fsp3) is 0. The van der Waals surface area contributed by atoms with Gasteiger partial charge in [-0.05, 0) is 24.3 Å². The highest BCUT2D eigenvalue weighted by Crippen LogP contribution is 2.20. The molecule has 0 saturated heterocycles. The molecule has 2 aromatic heterocycles. The quantitative estimate of drug-likeness (QED) is 0.413. The Morgan fingerprint density at radius 2 is 1.78 bits per heavy atom. The highest BCUT2D eigenvalue weighted by atomic mass is 32.2. The normalized spacial score (nSPS) is 12.2. The zero-order valence-corrected chi connectivity index (χ0v) is 13.0. The van der Waals surface area contributed by atoms with E-state index in [0.29, 0.717) is 16.9 Å². The molecule has 0 atom stereocenters. The molecule has 12 heteroatoms. The Kier molecular flexibility index (Phi) is 3.63. The van der Waals surface area contributed by atoms with E-state index >= 15 is 0 Å². The van der Waals surface area contributed by atoms with Crippen LogP contribution in [0.1, 0.15) is 0 Å². The molecule has 23 heavy (non-hydrogen) atoms. The van der Waals surface area contributed by atoms with Crippen LogP contribution in [0.15, 0.2) is 39.4 Å². The predicted molar refractivity (Wildman–Crippen MR) is 85.5 cm³/mol. The molecule has 2 heterocycles. The number of aromatic amines is 2. The topological polar surface area (TPSA) is 168 Å². The molecule has 0 unspecified atom stereocenters. The third-order valence-electron chi connectivity index (χ3n) is 2.80. The van der Waals surface area contributed by atoms with E-state index in [4.69, 9.17) is 23.1 Å². The van der Waals surface area contributed by atoms with Crippen LogP contribution in [-0.4, -0.2) is 28.4 Å². The molecule has 6 N–H and O–H groups in total. The van der Waals surface area contributed by atoms with Crippen molar-refractivity contribution in [1.82, 2.24) is 19.9 Å². The van der Waals surface area contributed by atoms with Gasteiger partial charge in [0, 0.05) is 0 Å². The van der Waals surface area contributed by atoms with E-state index in [-0.39, 0.29) is 21.4 Å². The summed E-state index contributed by atoms with van der Waals surface area (Å²) in [4.78, 5) is 13.6. The van der Waals surface area contributed by atoms with Gasteiger partial charge in [-0.15, -0.1) is 10.2 Å². The number of fused-ring (bicyclic) bond motifs is 1. The van der Waals surface area contributed by atoms with E-state index in [0.717, 1.165) is 0 Å². The van der Waals surface area contributed by atoms with Crippen molar-refractivity contribution in [2.75, 3.05) is 5.73 Å². The zero-order valence-electron chi connectivity index (χ0n) is 11.4. The maximum absolute atomic E-state index is 11.2. The number of nitrogen functional groups attached to an aromatic ring is 1. The third-order valence-corrected chi connectivity index (χ3v) is 4.02. The summed E-state index contributed by atoms with van der Waals surface area (Å²) in [7, 11) is -3.74. The number of imidazole rings is 1.